The lowest BCUT2D eigenvalue weighted by Gasteiger charge is -2.18. The highest BCUT2D eigenvalue weighted by Gasteiger charge is 2.28. The molecule has 0 saturated carbocycles. The molecule has 0 amide bonds. The predicted octanol–water partition coefficient (Wildman–Crippen LogP) is 3.95. The van der Waals surface area contributed by atoms with E-state index in [0.717, 1.165) is 5.69 Å². The second-order valence-electron chi connectivity index (χ2n) is 5.28. The van der Waals surface area contributed by atoms with Gasteiger partial charge in [0, 0.05) is 12.7 Å². The Morgan fingerprint density at radius 3 is 2.27 bits per heavy atom. The Kier molecular flexibility index (Phi) is 4.93. The quantitative estimate of drug-likeness (QED) is 0.490. The molecule has 0 aliphatic rings. The molecule has 0 aliphatic carbocycles. The third kappa shape index (κ3) is 3.54. The fourth-order valence-electron chi connectivity index (χ4n) is 2.36. The first-order valence-corrected chi connectivity index (χ1v) is 7.70. The number of methoxy groups -OCH3 is 1. The van der Waals surface area contributed by atoms with Crippen molar-refractivity contribution in [2.24, 2.45) is 0 Å². The zero-order valence-electron chi connectivity index (χ0n) is 14.2. The number of para-hydroxylation sites is 1. The molecule has 0 saturated heterocycles. The monoisotopic (exact) mass is 352 g/mol. The number of benzene rings is 2. The van der Waals surface area contributed by atoms with Crippen LogP contribution in [0.1, 0.15) is 0 Å². The number of nitrogens with zero attached hydrogens (tertiary/aromatic N) is 4. The molecule has 0 unspecified atom stereocenters. The zero-order chi connectivity index (χ0) is 18.5. The summed E-state index contributed by atoms with van der Waals surface area (Å²) in [5, 5.41) is 11.7. The molecular formula is C18H16N4O4. The molecule has 0 fully saturated rings. The van der Waals surface area contributed by atoms with Crippen molar-refractivity contribution in [3.05, 3.63) is 71.0 Å². The van der Waals surface area contributed by atoms with Gasteiger partial charge in [-0.05, 0) is 36.4 Å². The van der Waals surface area contributed by atoms with Crippen LogP contribution >= 0.6 is 0 Å². The maximum atomic E-state index is 11.7. The Balaban J connectivity index is 1.99. The Hall–Kier alpha value is -3.68. The minimum Gasteiger partial charge on any atom is -0.497 e. The summed E-state index contributed by atoms with van der Waals surface area (Å²) in [5.41, 5.74) is 0.444. The van der Waals surface area contributed by atoms with Crippen LogP contribution in [-0.2, 0) is 0 Å². The van der Waals surface area contributed by atoms with E-state index in [0.29, 0.717) is 11.5 Å². The summed E-state index contributed by atoms with van der Waals surface area (Å²) in [6.45, 7) is 0. The Morgan fingerprint density at radius 1 is 1.00 bits per heavy atom. The second-order valence-corrected chi connectivity index (χ2v) is 5.28. The van der Waals surface area contributed by atoms with Gasteiger partial charge >= 0.3 is 11.6 Å². The van der Waals surface area contributed by atoms with Crippen molar-refractivity contribution in [3.63, 3.8) is 0 Å². The van der Waals surface area contributed by atoms with Gasteiger partial charge in [0.2, 0.25) is 5.82 Å². The summed E-state index contributed by atoms with van der Waals surface area (Å²) in [4.78, 5) is 20.8. The molecule has 8 nitrogen and oxygen atoms in total. The van der Waals surface area contributed by atoms with Gasteiger partial charge in [0.1, 0.15) is 17.8 Å². The van der Waals surface area contributed by atoms with Crippen molar-refractivity contribution < 1.29 is 14.4 Å². The van der Waals surface area contributed by atoms with E-state index in [4.69, 9.17) is 9.47 Å². The summed E-state index contributed by atoms with van der Waals surface area (Å²) in [6.07, 6.45) is 1.24. The zero-order valence-corrected chi connectivity index (χ0v) is 14.2. The topological polar surface area (TPSA) is 90.6 Å². The first-order chi connectivity index (χ1) is 12.6. The molecular weight excluding hydrogens is 336 g/mol. The van der Waals surface area contributed by atoms with Crippen LogP contribution in [0, 0.1) is 10.1 Å². The van der Waals surface area contributed by atoms with E-state index in [9.17, 15) is 10.1 Å². The number of hydrogen-bond acceptors (Lipinski definition) is 7. The lowest BCUT2D eigenvalue weighted by atomic mass is 10.3. The van der Waals surface area contributed by atoms with E-state index in [1.807, 2.05) is 30.3 Å². The molecule has 8 heteroatoms. The molecule has 2 aromatic carbocycles. The number of anilines is 2. The van der Waals surface area contributed by atoms with Crippen LogP contribution in [0.25, 0.3) is 0 Å². The summed E-state index contributed by atoms with van der Waals surface area (Å²) in [7, 11) is 3.25. The van der Waals surface area contributed by atoms with Crippen molar-refractivity contribution in [1.29, 1.82) is 0 Å². The van der Waals surface area contributed by atoms with Crippen molar-refractivity contribution in [2.45, 2.75) is 0 Å². The van der Waals surface area contributed by atoms with Crippen LogP contribution in [0.4, 0.5) is 17.2 Å². The molecule has 0 radical (unpaired) electrons. The fraction of sp³-hybridized carbons (Fsp3) is 0.111. The average molecular weight is 352 g/mol. The highest BCUT2D eigenvalue weighted by Crippen LogP contribution is 2.38. The van der Waals surface area contributed by atoms with Crippen molar-refractivity contribution in [2.75, 3.05) is 19.1 Å². The summed E-state index contributed by atoms with van der Waals surface area (Å²) >= 11 is 0. The minimum absolute atomic E-state index is 0.132. The Morgan fingerprint density at radius 2 is 1.65 bits per heavy atom. The van der Waals surface area contributed by atoms with E-state index in [-0.39, 0.29) is 17.4 Å². The normalized spacial score (nSPS) is 10.2. The standard InChI is InChI=1S/C18H16N4O4/c1-21(13-6-4-3-5-7-13)17-16(22(23)24)18(20-12-19-17)26-15-10-8-14(25-2)9-11-15/h3-12H,1-2H3. The van der Waals surface area contributed by atoms with Gasteiger partial charge < -0.3 is 14.4 Å². The van der Waals surface area contributed by atoms with Gasteiger partial charge in [-0.25, -0.2) is 4.98 Å². The van der Waals surface area contributed by atoms with Crippen LogP contribution in [0.15, 0.2) is 60.9 Å². The maximum absolute atomic E-state index is 11.7. The second kappa shape index (κ2) is 7.47. The molecule has 0 aliphatic heterocycles. The van der Waals surface area contributed by atoms with Gasteiger partial charge in [-0.15, -0.1) is 0 Å². The van der Waals surface area contributed by atoms with Gasteiger partial charge in [0.15, 0.2) is 0 Å². The number of rotatable bonds is 6. The van der Waals surface area contributed by atoms with E-state index in [2.05, 4.69) is 9.97 Å². The summed E-state index contributed by atoms with van der Waals surface area (Å²) in [5.74, 6) is 1.06. The van der Waals surface area contributed by atoms with Crippen LogP contribution in [0.2, 0.25) is 0 Å². The highest BCUT2D eigenvalue weighted by molar-refractivity contribution is 5.70. The first-order valence-electron chi connectivity index (χ1n) is 7.70. The number of hydrogen-bond donors (Lipinski definition) is 0. The number of nitro groups is 1. The molecule has 26 heavy (non-hydrogen) atoms. The van der Waals surface area contributed by atoms with Crippen LogP contribution < -0.4 is 14.4 Å². The molecule has 1 aromatic heterocycles. The Bertz CT molecular complexity index is 901. The third-order valence-corrected chi connectivity index (χ3v) is 3.69. The van der Waals surface area contributed by atoms with Crippen molar-refractivity contribution in [1.82, 2.24) is 9.97 Å². The van der Waals surface area contributed by atoms with Crippen molar-refractivity contribution >= 4 is 17.2 Å². The summed E-state index contributed by atoms with van der Waals surface area (Å²) in [6, 6.07) is 15.9. The van der Waals surface area contributed by atoms with Gasteiger partial charge in [0.25, 0.3) is 0 Å². The van der Waals surface area contributed by atoms with Crippen LogP contribution in [0.5, 0.6) is 17.4 Å². The van der Waals surface area contributed by atoms with Crippen LogP contribution in [-0.4, -0.2) is 29.0 Å². The molecule has 1 heterocycles. The first kappa shape index (κ1) is 17.2. The van der Waals surface area contributed by atoms with E-state index in [1.54, 1.807) is 43.3 Å². The smallest absolute Gasteiger partial charge is 0.373 e. The minimum atomic E-state index is -0.548. The predicted molar refractivity (Wildman–Crippen MR) is 96.3 cm³/mol. The number of ether oxygens (including phenoxy) is 2. The van der Waals surface area contributed by atoms with E-state index >= 15 is 0 Å². The highest BCUT2D eigenvalue weighted by atomic mass is 16.6. The molecule has 0 atom stereocenters. The third-order valence-electron chi connectivity index (χ3n) is 3.69. The van der Waals surface area contributed by atoms with Gasteiger partial charge in [0.05, 0.1) is 12.0 Å². The van der Waals surface area contributed by atoms with Crippen LogP contribution in [0.3, 0.4) is 0 Å². The Labute approximate surface area is 149 Å². The lowest BCUT2D eigenvalue weighted by molar-refractivity contribution is -0.385. The largest absolute Gasteiger partial charge is 0.497 e. The van der Waals surface area contributed by atoms with Gasteiger partial charge in [-0.1, -0.05) is 18.2 Å². The van der Waals surface area contributed by atoms with Gasteiger partial charge in [-0.2, -0.15) is 4.98 Å². The fourth-order valence-corrected chi connectivity index (χ4v) is 2.36. The molecule has 132 valence electrons. The average Bonchev–Trinajstić information content (AvgIpc) is 2.68. The molecule has 0 bridgehead atoms. The molecule has 3 rings (SSSR count). The maximum Gasteiger partial charge on any atom is 0.373 e. The van der Waals surface area contributed by atoms with Gasteiger partial charge in [-0.3, -0.25) is 10.1 Å². The van der Waals surface area contributed by atoms with E-state index in [1.165, 1.54) is 6.33 Å². The van der Waals surface area contributed by atoms with Crippen molar-refractivity contribution in [3.8, 4) is 17.4 Å². The molecule has 0 N–H and O–H groups in total. The van der Waals surface area contributed by atoms with E-state index < -0.39 is 4.92 Å². The molecule has 3 aromatic rings. The molecule has 0 spiro atoms. The summed E-state index contributed by atoms with van der Waals surface area (Å²) < 4.78 is 10.7. The lowest BCUT2D eigenvalue weighted by Crippen LogP contribution is -2.14. The number of aromatic nitrogens is 2. The SMILES string of the molecule is COc1ccc(Oc2ncnc(N(C)c3ccccc3)c2[N+](=O)[O-])cc1.